The monoisotopic (exact) mass is 466 g/mol. The van der Waals surface area contributed by atoms with E-state index in [2.05, 4.69) is 71.0 Å². The minimum Gasteiger partial charge on any atom is -0.295 e. The van der Waals surface area contributed by atoms with Crippen molar-refractivity contribution in [2.45, 2.75) is 113 Å². The molecule has 2 rings (SSSR count). The number of hydrogen-bond donors (Lipinski definition) is 0. The third-order valence-electron chi connectivity index (χ3n) is 6.62. The van der Waals surface area contributed by atoms with E-state index in [0.717, 1.165) is 12.3 Å². The van der Waals surface area contributed by atoms with Crippen LogP contribution in [0.3, 0.4) is 0 Å². The molecule has 34 heavy (non-hydrogen) atoms. The first kappa shape index (κ1) is 31.8. The fraction of sp³-hybridized carbons (Fsp3) is 0.562. The van der Waals surface area contributed by atoms with Crippen LogP contribution in [0.1, 0.15) is 111 Å². The third-order valence-corrected chi connectivity index (χ3v) is 6.62. The first-order valence-corrected chi connectivity index (χ1v) is 13.3. The SMILES string of the molecule is CC.CCCC(=O)/C=C\C(C)=O.CCCC(CC)C(C)(C1=CC=C(C)CC1)c1ccc(C)cc1. The minimum absolute atomic E-state index is 0.0256. The van der Waals surface area contributed by atoms with Gasteiger partial charge in [0, 0.05) is 11.8 Å². The van der Waals surface area contributed by atoms with E-state index in [1.54, 1.807) is 5.57 Å². The van der Waals surface area contributed by atoms with E-state index in [1.165, 1.54) is 67.9 Å². The van der Waals surface area contributed by atoms with E-state index in [1.807, 2.05) is 20.8 Å². The van der Waals surface area contributed by atoms with Crippen LogP contribution in [-0.4, -0.2) is 11.6 Å². The van der Waals surface area contributed by atoms with Gasteiger partial charge < -0.3 is 0 Å². The predicted molar refractivity (Wildman–Crippen MR) is 149 cm³/mol. The van der Waals surface area contributed by atoms with E-state index in [0.29, 0.717) is 6.42 Å². The second-order valence-corrected chi connectivity index (χ2v) is 9.33. The van der Waals surface area contributed by atoms with Gasteiger partial charge in [-0.2, -0.15) is 0 Å². The Hall–Kier alpha value is -2.22. The quantitative estimate of drug-likeness (QED) is 0.322. The normalized spacial score (nSPS) is 15.6. The highest BCUT2D eigenvalue weighted by Gasteiger charge is 2.37. The van der Waals surface area contributed by atoms with Crippen LogP contribution in [0.25, 0.3) is 0 Å². The van der Waals surface area contributed by atoms with Crippen molar-refractivity contribution in [2.75, 3.05) is 0 Å². The fourth-order valence-corrected chi connectivity index (χ4v) is 4.55. The molecule has 0 saturated carbocycles. The van der Waals surface area contributed by atoms with Crippen molar-refractivity contribution in [1.29, 1.82) is 0 Å². The van der Waals surface area contributed by atoms with Gasteiger partial charge in [0.15, 0.2) is 11.6 Å². The molecule has 2 nitrogen and oxygen atoms in total. The summed E-state index contributed by atoms with van der Waals surface area (Å²) in [5.74, 6) is 0.667. The molecule has 0 fully saturated rings. The predicted octanol–water partition coefficient (Wildman–Crippen LogP) is 9.27. The smallest absolute Gasteiger partial charge is 0.155 e. The molecule has 0 saturated heterocycles. The van der Waals surface area contributed by atoms with E-state index in [-0.39, 0.29) is 17.0 Å². The highest BCUT2D eigenvalue weighted by atomic mass is 16.1. The van der Waals surface area contributed by atoms with Crippen LogP contribution in [0, 0.1) is 12.8 Å². The van der Waals surface area contributed by atoms with E-state index >= 15 is 0 Å². The zero-order valence-corrected chi connectivity index (χ0v) is 23.5. The molecule has 1 aromatic carbocycles. The van der Waals surface area contributed by atoms with Crippen LogP contribution in [0.2, 0.25) is 0 Å². The van der Waals surface area contributed by atoms with Crippen LogP contribution in [0.5, 0.6) is 0 Å². The maximum Gasteiger partial charge on any atom is 0.155 e. The van der Waals surface area contributed by atoms with E-state index in [4.69, 9.17) is 0 Å². The molecule has 1 aliphatic rings. The van der Waals surface area contributed by atoms with Gasteiger partial charge in [-0.15, -0.1) is 0 Å². The van der Waals surface area contributed by atoms with Crippen molar-refractivity contribution in [3.63, 3.8) is 0 Å². The molecule has 0 amide bonds. The number of benzene rings is 1. The van der Waals surface area contributed by atoms with Crippen LogP contribution >= 0.6 is 0 Å². The summed E-state index contributed by atoms with van der Waals surface area (Å²) in [5, 5.41) is 0. The van der Waals surface area contributed by atoms with Gasteiger partial charge in [0.1, 0.15) is 0 Å². The molecule has 190 valence electrons. The largest absolute Gasteiger partial charge is 0.295 e. The van der Waals surface area contributed by atoms with Gasteiger partial charge in [-0.05, 0) is 70.1 Å². The Morgan fingerprint density at radius 3 is 2.00 bits per heavy atom. The number of ketones is 2. The van der Waals surface area contributed by atoms with Gasteiger partial charge in [0.2, 0.25) is 0 Å². The third kappa shape index (κ3) is 10.4. The van der Waals surface area contributed by atoms with Gasteiger partial charge in [-0.25, -0.2) is 0 Å². The number of hydrogen-bond acceptors (Lipinski definition) is 2. The number of carbonyl (C=O) groups is 2. The molecule has 1 aliphatic carbocycles. The average molecular weight is 467 g/mol. The lowest BCUT2D eigenvalue weighted by Gasteiger charge is -2.41. The second-order valence-electron chi connectivity index (χ2n) is 9.33. The van der Waals surface area contributed by atoms with Crippen molar-refractivity contribution in [3.05, 3.63) is 70.8 Å². The molecule has 2 unspecified atom stereocenters. The number of aryl methyl sites for hydroxylation is 1. The fourth-order valence-electron chi connectivity index (χ4n) is 4.55. The molecule has 1 aromatic rings. The van der Waals surface area contributed by atoms with E-state index in [9.17, 15) is 9.59 Å². The summed E-state index contributed by atoms with van der Waals surface area (Å²) in [6, 6.07) is 9.27. The Bertz CT molecular complexity index is 823. The lowest BCUT2D eigenvalue weighted by Crippen LogP contribution is -2.34. The summed E-state index contributed by atoms with van der Waals surface area (Å²) in [6.45, 7) is 18.9. The topological polar surface area (TPSA) is 34.1 Å². The molecule has 2 heteroatoms. The number of carbonyl (C=O) groups excluding carboxylic acids is 2. The molecular weight excluding hydrogens is 416 g/mol. The standard InChI is InChI=1S/C22H32.C8H12O2.C2H6/c1-6-8-19(7-2)22(5,20-13-9-17(3)10-14-20)21-15-11-18(4)12-16-21;1-3-4-8(10)6-5-7(2)9;1-2/h9-11,13-15,19H,6-8,12,16H2,1-5H3;5-6H,3-4H2,1-2H3;1-2H3/b;6-5-;. The van der Waals surface area contributed by atoms with Crippen LogP contribution in [-0.2, 0) is 15.0 Å². The Morgan fingerprint density at radius 1 is 0.941 bits per heavy atom. The van der Waals surface area contributed by atoms with Gasteiger partial charge in [0.25, 0.3) is 0 Å². The van der Waals surface area contributed by atoms with Crippen LogP contribution in [0.4, 0.5) is 0 Å². The Labute approximate surface area is 210 Å². The summed E-state index contributed by atoms with van der Waals surface area (Å²) in [5.41, 5.74) is 6.16. The van der Waals surface area contributed by atoms with Crippen molar-refractivity contribution in [1.82, 2.24) is 0 Å². The number of allylic oxidation sites excluding steroid dienone is 6. The summed E-state index contributed by atoms with van der Waals surface area (Å²) in [4.78, 5) is 21.0. The van der Waals surface area contributed by atoms with Crippen LogP contribution < -0.4 is 0 Å². The first-order valence-electron chi connectivity index (χ1n) is 13.3. The Balaban J connectivity index is 0.000000767. The molecule has 0 spiro atoms. The van der Waals surface area contributed by atoms with Gasteiger partial charge in [-0.3, -0.25) is 9.59 Å². The van der Waals surface area contributed by atoms with Gasteiger partial charge in [-0.1, -0.05) is 108 Å². The van der Waals surface area contributed by atoms with Crippen molar-refractivity contribution < 1.29 is 9.59 Å². The van der Waals surface area contributed by atoms with Crippen molar-refractivity contribution >= 4 is 11.6 Å². The zero-order valence-electron chi connectivity index (χ0n) is 23.5. The highest BCUT2D eigenvalue weighted by molar-refractivity contribution is 5.97. The molecule has 0 aliphatic heterocycles. The summed E-state index contributed by atoms with van der Waals surface area (Å²) < 4.78 is 0. The van der Waals surface area contributed by atoms with E-state index < -0.39 is 0 Å². The molecule has 0 N–H and O–H groups in total. The summed E-state index contributed by atoms with van der Waals surface area (Å²) in [6.07, 6.45) is 15.0. The maximum absolute atomic E-state index is 10.7. The first-order chi connectivity index (χ1) is 16.2. The minimum atomic E-state index is -0.0792. The Kier molecular flexibility index (Phi) is 16.1. The van der Waals surface area contributed by atoms with Crippen molar-refractivity contribution in [2.24, 2.45) is 5.92 Å². The second kappa shape index (κ2) is 17.2. The highest BCUT2D eigenvalue weighted by Crippen LogP contribution is 2.46. The van der Waals surface area contributed by atoms with Crippen LogP contribution in [0.15, 0.2) is 59.7 Å². The van der Waals surface area contributed by atoms with Crippen molar-refractivity contribution in [3.8, 4) is 0 Å². The summed E-state index contributed by atoms with van der Waals surface area (Å²) >= 11 is 0. The lowest BCUT2D eigenvalue weighted by atomic mass is 9.62. The summed E-state index contributed by atoms with van der Waals surface area (Å²) in [7, 11) is 0. The number of rotatable bonds is 10. The molecule has 0 aromatic heterocycles. The average Bonchev–Trinajstić information content (AvgIpc) is 2.83. The lowest BCUT2D eigenvalue weighted by molar-refractivity contribution is -0.116. The molecular formula is C32H50O2. The Morgan fingerprint density at radius 2 is 1.56 bits per heavy atom. The molecule has 2 atom stereocenters. The van der Waals surface area contributed by atoms with Gasteiger partial charge >= 0.3 is 0 Å². The molecule has 0 radical (unpaired) electrons. The molecule has 0 bridgehead atoms. The zero-order chi connectivity index (χ0) is 26.1. The maximum atomic E-state index is 10.7. The van der Waals surface area contributed by atoms with Gasteiger partial charge in [0.05, 0.1) is 0 Å². The molecule has 0 heterocycles.